The van der Waals surface area contributed by atoms with E-state index in [9.17, 15) is 9.59 Å². The fourth-order valence-electron chi connectivity index (χ4n) is 4.30. The minimum Gasteiger partial charge on any atom is -0.491 e. The molecule has 0 aliphatic carbocycles. The summed E-state index contributed by atoms with van der Waals surface area (Å²) in [5.41, 5.74) is 2.81. The van der Waals surface area contributed by atoms with Gasteiger partial charge in [-0.1, -0.05) is 42.8 Å². The summed E-state index contributed by atoms with van der Waals surface area (Å²) < 4.78 is 6.06. The van der Waals surface area contributed by atoms with Gasteiger partial charge in [-0.3, -0.25) is 9.59 Å². The predicted octanol–water partition coefficient (Wildman–Crippen LogP) is 5.11. The van der Waals surface area contributed by atoms with Crippen LogP contribution in [0.15, 0.2) is 66.0 Å². The molecule has 1 atom stereocenters. The molecule has 2 amide bonds. The molecule has 0 spiro atoms. The zero-order valence-electron chi connectivity index (χ0n) is 19.2. The van der Waals surface area contributed by atoms with Crippen LogP contribution in [-0.4, -0.2) is 47.9 Å². The number of para-hydroxylation sites is 1. The minimum absolute atomic E-state index is 0.0389. The molecule has 0 unspecified atom stereocenters. The van der Waals surface area contributed by atoms with Gasteiger partial charge in [-0.25, -0.2) is 0 Å². The molecule has 33 heavy (non-hydrogen) atoms. The second-order valence-electron chi connectivity index (χ2n) is 8.37. The Balaban J connectivity index is 1.52. The third-order valence-corrected chi connectivity index (χ3v) is 6.93. The van der Waals surface area contributed by atoms with Crippen molar-refractivity contribution in [2.75, 3.05) is 26.2 Å². The highest BCUT2D eigenvalue weighted by Crippen LogP contribution is 2.34. The Morgan fingerprint density at radius 3 is 2.70 bits per heavy atom. The summed E-state index contributed by atoms with van der Waals surface area (Å²) in [6, 6.07) is 19.2. The fraction of sp³-hybridized carbons (Fsp3) is 0.333. The SMILES string of the molecule is CCCN(CC(=O)N1CCc2sccc2[C@@H]1COc1ccccc1)C(=O)c1cccc(C)c1. The number of hydrogen-bond donors (Lipinski definition) is 0. The topological polar surface area (TPSA) is 49.9 Å². The number of benzene rings is 2. The van der Waals surface area contributed by atoms with Crippen molar-refractivity contribution < 1.29 is 14.3 Å². The molecule has 1 aliphatic rings. The minimum atomic E-state index is -0.162. The molecule has 0 radical (unpaired) electrons. The number of carbonyl (C=O) groups is 2. The van der Waals surface area contributed by atoms with E-state index < -0.39 is 0 Å². The molecule has 0 fully saturated rings. The number of nitrogens with zero attached hydrogens (tertiary/aromatic N) is 2. The van der Waals surface area contributed by atoms with Crippen molar-refractivity contribution >= 4 is 23.2 Å². The predicted molar refractivity (Wildman–Crippen MR) is 132 cm³/mol. The molecule has 0 saturated carbocycles. The van der Waals surface area contributed by atoms with Crippen LogP contribution in [-0.2, 0) is 11.2 Å². The van der Waals surface area contributed by atoms with E-state index >= 15 is 0 Å². The molecule has 172 valence electrons. The van der Waals surface area contributed by atoms with Crippen LogP contribution in [0.2, 0.25) is 0 Å². The van der Waals surface area contributed by atoms with Crippen molar-refractivity contribution in [2.45, 2.75) is 32.7 Å². The van der Waals surface area contributed by atoms with Crippen LogP contribution >= 0.6 is 11.3 Å². The van der Waals surface area contributed by atoms with E-state index in [1.54, 1.807) is 16.2 Å². The number of hydrogen-bond acceptors (Lipinski definition) is 4. The second kappa shape index (κ2) is 10.7. The molecule has 1 aromatic heterocycles. The highest BCUT2D eigenvalue weighted by molar-refractivity contribution is 7.10. The molecule has 2 heterocycles. The Bertz CT molecular complexity index is 1100. The number of rotatable bonds is 8. The third kappa shape index (κ3) is 5.45. The lowest BCUT2D eigenvalue weighted by Gasteiger charge is -2.37. The first-order valence-electron chi connectivity index (χ1n) is 11.5. The van der Waals surface area contributed by atoms with Crippen molar-refractivity contribution in [1.82, 2.24) is 9.80 Å². The first kappa shape index (κ1) is 23.1. The average molecular weight is 463 g/mol. The normalized spacial score (nSPS) is 15.1. The molecule has 5 nitrogen and oxygen atoms in total. The van der Waals surface area contributed by atoms with Crippen LogP contribution in [0, 0.1) is 6.92 Å². The fourth-order valence-corrected chi connectivity index (χ4v) is 5.23. The van der Waals surface area contributed by atoms with Gasteiger partial charge in [0.2, 0.25) is 5.91 Å². The number of amides is 2. The Morgan fingerprint density at radius 1 is 1.12 bits per heavy atom. The summed E-state index contributed by atoms with van der Waals surface area (Å²) in [6.07, 6.45) is 1.63. The van der Waals surface area contributed by atoms with Gasteiger partial charge < -0.3 is 14.5 Å². The highest BCUT2D eigenvalue weighted by atomic mass is 32.1. The maximum absolute atomic E-state index is 13.5. The van der Waals surface area contributed by atoms with Crippen LogP contribution < -0.4 is 4.74 Å². The van der Waals surface area contributed by atoms with E-state index in [1.807, 2.05) is 73.3 Å². The van der Waals surface area contributed by atoms with E-state index in [-0.39, 0.29) is 24.4 Å². The van der Waals surface area contributed by atoms with Crippen LogP contribution in [0.25, 0.3) is 0 Å². The number of thiophene rings is 1. The lowest BCUT2D eigenvalue weighted by molar-refractivity contribution is -0.135. The molecule has 0 N–H and O–H groups in total. The molecule has 6 heteroatoms. The van der Waals surface area contributed by atoms with Gasteiger partial charge in [-0.15, -0.1) is 11.3 Å². The number of ether oxygens (including phenoxy) is 1. The van der Waals surface area contributed by atoms with Crippen molar-refractivity contribution in [1.29, 1.82) is 0 Å². The first-order valence-corrected chi connectivity index (χ1v) is 12.3. The molecular weight excluding hydrogens is 432 g/mol. The number of carbonyl (C=O) groups excluding carboxylic acids is 2. The zero-order chi connectivity index (χ0) is 23.2. The van der Waals surface area contributed by atoms with Crippen molar-refractivity contribution in [3.05, 3.63) is 87.6 Å². The number of aryl methyl sites for hydroxylation is 1. The Labute approximate surface area is 199 Å². The van der Waals surface area contributed by atoms with Gasteiger partial charge in [0.25, 0.3) is 5.91 Å². The highest BCUT2D eigenvalue weighted by Gasteiger charge is 2.33. The Morgan fingerprint density at radius 2 is 1.94 bits per heavy atom. The number of fused-ring (bicyclic) bond motifs is 1. The zero-order valence-corrected chi connectivity index (χ0v) is 20.0. The van der Waals surface area contributed by atoms with E-state index in [0.29, 0.717) is 25.3 Å². The van der Waals surface area contributed by atoms with Gasteiger partial charge >= 0.3 is 0 Å². The summed E-state index contributed by atoms with van der Waals surface area (Å²) in [5, 5.41) is 2.08. The maximum atomic E-state index is 13.5. The third-order valence-electron chi connectivity index (χ3n) is 5.94. The van der Waals surface area contributed by atoms with Crippen LogP contribution in [0.3, 0.4) is 0 Å². The van der Waals surface area contributed by atoms with Crippen molar-refractivity contribution in [2.24, 2.45) is 0 Å². The lowest BCUT2D eigenvalue weighted by Crippen LogP contribution is -2.48. The van der Waals surface area contributed by atoms with E-state index in [4.69, 9.17) is 4.74 Å². The lowest BCUT2D eigenvalue weighted by atomic mass is 10.0. The standard InChI is InChI=1S/C27H30N2O3S/c1-3-14-28(27(31)21-9-7-8-20(2)17-21)18-26(30)29-15-12-25-23(13-16-33-25)24(29)19-32-22-10-5-4-6-11-22/h4-11,13,16-17,24H,3,12,14-15,18-19H2,1-2H3/t24-/m0/s1. The molecule has 1 aliphatic heterocycles. The van der Waals surface area contributed by atoms with Crippen LogP contribution in [0.4, 0.5) is 0 Å². The van der Waals surface area contributed by atoms with Crippen LogP contribution in [0.5, 0.6) is 5.75 Å². The molecule has 4 rings (SSSR count). The molecule has 0 bridgehead atoms. The summed E-state index contributed by atoms with van der Waals surface area (Å²) in [7, 11) is 0. The largest absolute Gasteiger partial charge is 0.491 e. The quantitative estimate of drug-likeness (QED) is 0.467. The van der Waals surface area contributed by atoms with E-state index in [2.05, 4.69) is 11.4 Å². The van der Waals surface area contributed by atoms with E-state index in [0.717, 1.165) is 29.7 Å². The molecule has 3 aromatic rings. The van der Waals surface area contributed by atoms with Crippen molar-refractivity contribution in [3.63, 3.8) is 0 Å². The summed E-state index contributed by atoms with van der Waals surface area (Å²) >= 11 is 1.73. The van der Waals surface area contributed by atoms with Gasteiger partial charge in [-0.05, 0) is 61.0 Å². The van der Waals surface area contributed by atoms with Crippen molar-refractivity contribution in [3.8, 4) is 5.75 Å². The monoisotopic (exact) mass is 462 g/mol. The molecular formula is C27H30N2O3S. The van der Waals surface area contributed by atoms with Gasteiger partial charge in [0.05, 0.1) is 6.04 Å². The summed E-state index contributed by atoms with van der Waals surface area (Å²) in [5.74, 6) is 0.650. The average Bonchev–Trinajstić information content (AvgIpc) is 3.31. The summed E-state index contributed by atoms with van der Waals surface area (Å²) in [4.78, 5) is 31.6. The smallest absolute Gasteiger partial charge is 0.254 e. The second-order valence-corrected chi connectivity index (χ2v) is 9.37. The van der Waals surface area contributed by atoms with Gasteiger partial charge in [-0.2, -0.15) is 0 Å². The Kier molecular flexibility index (Phi) is 7.45. The molecule has 2 aromatic carbocycles. The summed E-state index contributed by atoms with van der Waals surface area (Å²) in [6.45, 7) is 5.63. The Hall–Kier alpha value is -3.12. The van der Waals surface area contributed by atoms with Gasteiger partial charge in [0, 0.05) is 23.5 Å². The maximum Gasteiger partial charge on any atom is 0.254 e. The van der Waals surface area contributed by atoms with Gasteiger partial charge in [0.15, 0.2) is 0 Å². The first-order chi connectivity index (χ1) is 16.1. The molecule has 0 saturated heterocycles. The van der Waals surface area contributed by atoms with Gasteiger partial charge in [0.1, 0.15) is 18.9 Å². The van der Waals surface area contributed by atoms with Crippen LogP contribution in [0.1, 0.15) is 45.7 Å². The van der Waals surface area contributed by atoms with E-state index in [1.165, 1.54) is 4.88 Å².